The smallest absolute Gasteiger partial charge is 0.422 e. The van der Waals surface area contributed by atoms with Crippen molar-refractivity contribution in [1.82, 2.24) is 0 Å². The summed E-state index contributed by atoms with van der Waals surface area (Å²) >= 11 is 0. The maximum atomic E-state index is 12.5. The fourth-order valence-corrected chi connectivity index (χ4v) is 2.27. The first kappa shape index (κ1) is 21.7. The van der Waals surface area contributed by atoms with Crippen LogP contribution in [0.1, 0.15) is 48.2 Å². The van der Waals surface area contributed by atoms with Crippen LogP contribution < -0.4 is 0 Å². The summed E-state index contributed by atoms with van der Waals surface area (Å²) in [6, 6.07) is 5.39. The van der Waals surface area contributed by atoms with Gasteiger partial charge in [0.2, 0.25) is 0 Å². The summed E-state index contributed by atoms with van der Waals surface area (Å²) in [7, 11) is 0. The molecule has 26 heavy (non-hydrogen) atoms. The van der Waals surface area contributed by atoms with E-state index in [0.29, 0.717) is 5.56 Å². The molecule has 0 spiro atoms. The first-order valence-corrected chi connectivity index (χ1v) is 8.14. The predicted molar refractivity (Wildman–Crippen MR) is 90.8 cm³/mol. The van der Waals surface area contributed by atoms with Gasteiger partial charge in [0.15, 0.2) is 0 Å². The molecule has 0 bridgehead atoms. The minimum atomic E-state index is -4.85. The first-order valence-electron chi connectivity index (χ1n) is 8.14. The normalized spacial score (nSPS) is 13.7. The third kappa shape index (κ3) is 5.61. The Labute approximate surface area is 151 Å². The Hall–Kier alpha value is -2.31. The highest BCUT2D eigenvalue weighted by Crippen LogP contribution is 2.29. The lowest BCUT2D eigenvalue weighted by Crippen LogP contribution is -2.35. The molecule has 1 atom stereocenters. The fraction of sp³-hybridized carbons (Fsp3) is 0.474. The number of alkyl halides is 3. The average molecular weight is 372 g/mol. The van der Waals surface area contributed by atoms with Crippen LogP contribution in [-0.4, -0.2) is 30.3 Å². The number of hydrogen-bond acceptors (Lipinski definition) is 4. The molecule has 0 aliphatic carbocycles. The highest BCUT2D eigenvalue weighted by molar-refractivity contribution is 5.92. The lowest BCUT2D eigenvalue weighted by Gasteiger charge is -2.29. The zero-order valence-electron chi connectivity index (χ0n) is 15.3. The van der Waals surface area contributed by atoms with E-state index in [2.05, 4.69) is 6.58 Å². The minimum absolute atomic E-state index is 0.0665. The number of rotatable bonds is 7. The Morgan fingerprint density at radius 3 is 2.15 bits per heavy atom. The summed E-state index contributed by atoms with van der Waals surface area (Å²) in [5.74, 6) is -2.05. The van der Waals surface area contributed by atoms with Crippen molar-refractivity contribution < 1.29 is 32.2 Å². The maximum Gasteiger partial charge on any atom is 0.422 e. The monoisotopic (exact) mass is 372 g/mol. The molecule has 0 saturated carbocycles. The van der Waals surface area contributed by atoms with Crippen molar-refractivity contribution >= 4 is 11.9 Å². The van der Waals surface area contributed by atoms with Crippen LogP contribution in [0.25, 0.3) is 0 Å². The number of hydrogen-bond donors (Lipinski definition) is 0. The molecule has 0 saturated heterocycles. The zero-order chi connectivity index (χ0) is 20.1. The Kier molecular flexibility index (Phi) is 7.00. The van der Waals surface area contributed by atoms with E-state index in [1.165, 1.54) is 6.92 Å². The van der Waals surface area contributed by atoms with Gasteiger partial charge in [0, 0.05) is 6.42 Å². The Bertz CT molecular complexity index is 674. The molecule has 0 radical (unpaired) electrons. The van der Waals surface area contributed by atoms with Crippen LogP contribution in [0.5, 0.6) is 0 Å². The molecule has 0 aliphatic heterocycles. The van der Waals surface area contributed by atoms with Crippen LogP contribution in [0, 0.1) is 13.8 Å². The molecule has 0 aliphatic rings. The summed E-state index contributed by atoms with van der Waals surface area (Å²) in [5, 5.41) is 0. The van der Waals surface area contributed by atoms with Crippen LogP contribution in [0.15, 0.2) is 30.4 Å². The summed E-state index contributed by atoms with van der Waals surface area (Å²) in [6.07, 6.45) is -4.53. The topological polar surface area (TPSA) is 52.6 Å². The number of carbonyl (C=O) groups excluding carboxylic acids is 2. The van der Waals surface area contributed by atoms with Gasteiger partial charge in [-0.2, -0.15) is 13.2 Å². The van der Waals surface area contributed by atoms with E-state index >= 15 is 0 Å². The quantitative estimate of drug-likeness (QED) is 0.515. The van der Waals surface area contributed by atoms with Gasteiger partial charge in [-0.1, -0.05) is 31.7 Å². The second-order valence-corrected chi connectivity index (χ2v) is 6.32. The average Bonchev–Trinajstić information content (AvgIpc) is 2.53. The molecule has 1 rings (SSSR count). The van der Waals surface area contributed by atoms with Crippen LogP contribution in [0.2, 0.25) is 0 Å². The summed E-state index contributed by atoms with van der Waals surface area (Å²) in [5.41, 5.74) is -0.785. The zero-order valence-corrected chi connectivity index (χ0v) is 15.3. The standard InChI is InChI=1S/C19H23F3O4/c1-6-18(5,26-16(23)14(4)19(20,21)22)10-11-25-17(24)15-12(2)8-7-9-13(15)3/h7-9H,4,6,10-11H2,1-3,5H3. The molecule has 4 nitrogen and oxygen atoms in total. The van der Waals surface area contributed by atoms with Gasteiger partial charge in [0.05, 0.1) is 12.2 Å². The molecule has 1 unspecified atom stereocenters. The maximum absolute atomic E-state index is 12.5. The van der Waals surface area contributed by atoms with Crippen molar-refractivity contribution in [2.24, 2.45) is 0 Å². The Balaban J connectivity index is 2.70. The van der Waals surface area contributed by atoms with Crippen molar-refractivity contribution in [2.75, 3.05) is 6.61 Å². The number of benzene rings is 1. The van der Waals surface area contributed by atoms with Gasteiger partial charge in [0.1, 0.15) is 11.2 Å². The molecule has 1 aromatic rings. The van der Waals surface area contributed by atoms with E-state index in [0.717, 1.165) is 11.1 Å². The van der Waals surface area contributed by atoms with Gasteiger partial charge in [0.25, 0.3) is 0 Å². The van der Waals surface area contributed by atoms with Crippen molar-refractivity contribution in [1.29, 1.82) is 0 Å². The summed E-state index contributed by atoms with van der Waals surface area (Å²) in [4.78, 5) is 23.9. The largest absolute Gasteiger partial charge is 0.462 e. The van der Waals surface area contributed by atoms with Gasteiger partial charge in [-0.15, -0.1) is 0 Å². The van der Waals surface area contributed by atoms with Gasteiger partial charge in [-0.05, 0) is 38.3 Å². The van der Waals surface area contributed by atoms with Crippen molar-refractivity contribution in [3.8, 4) is 0 Å². The predicted octanol–water partition coefficient (Wildman–Crippen LogP) is 4.68. The third-order valence-electron chi connectivity index (χ3n) is 4.22. The molecule has 0 N–H and O–H groups in total. The lowest BCUT2D eigenvalue weighted by molar-refractivity contribution is -0.165. The van der Waals surface area contributed by atoms with Crippen molar-refractivity contribution in [3.05, 3.63) is 47.0 Å². The van der Waals surface area contributed by atoms with E-state index in [1.54, 1.807) is 32.9 Å². The highest BCUT2D eigenvalue weighted by Gasteiger charge is 2.40. The number of aryl methyl sites for hydroxylation is 2. The third-order valence-corrected chi connectivity index (χ3v) is 4.22. The lowest BCUT2D eigenvalue weighted by atomic mass is 9.99. The van der Waals surface area contributed by atoms with E-state index in [1.807, 2.05) is 6.07 Å². The molecule has 144 valence electrons. The van der Waals surface area contributed by atoms with Crippen LogP contribution in [0.3, 0.4) is 0 Å². The molecule has 1 aromatic carbocycles. The van der Waals surface area contributed by atoms with Crippen molar-refractivity contribution in [2.45, 2.75) is 52.3 Å². The van der Waals surface area contributed by atoms with E-state index in [-0.39, 0.29) is 19.4 Å². The fourth-order valence-electron chi connectivity index (χ4n) is 2.27. The van der Waals surface area contributed by atoms with Crippen LogP contribution in [0.4, 0.5) is 13.2 Å². The van der Waals surface area contributed by atoms with Crippen molar-refractivity contribution in [3.63, 3.8) is 0 Å². The van der Waals surface area contributed by atoms with Gasteiger partial charge in [-0.3, -0.25) is 0 Å². The highest BCUT2D eigenvalue weighted by atomic mass is 19.4. The number of esters is 2. The number of carbonyl (C=O) groups is 2. The summed E-state index contributed by atoms with van der Waals surface area (Å²) in [6.45, 7) is 9.35. The molecule has 7 heteroatoms. The van der Waals surface area contributed by atoms with Gasteiger partial charge < -0.3 is 9.47 Å². The number of ether oxygens (including phenoxy) is 2. The second-order valence-electron chi connectivity index (χ2n) is 6.32. The molecule has 0 aromatic heterocycles. The second kappa shape index (κ2) is 8.38. The molecule has 0 heterocycles. The molecular weight excluding hydrogens is 349 g/mol. The van der Waals surface area contributed by atoms with Crippen LogP contribution in [-0.2, 0) is 14.3 Å². The van der Waals surface area contributed by atoms with Gasteiger partial charge >= 0.3 is 18.1 Å². The molecule has 0 fully saturated rings. The van der Waals surface area contributed by atoms with Crippen LogP contribution >= 0.6 is 0 Å². The Morgan fingerprint density at radius 1 is 1.15 bits per heavy atom. The summed E-state index contributed by atoms with van der Waals surface area (Å²) < 4.78 is 47.8. The Morgan fingerprint density at radius 2 is 1.69 bits per heavy atom. The van der Waals surface area contributed by atoms with E-state index in [9.17, 15) is 22.8 Å². The SMILES string of the molecule is C=C(C(=O)OC(C)(CC)CCOC(=O)c1c(C)cccc1C)C(F)(F)F. The minimum Gasteiger partial charge on any atom is -0.462 e. The molecule has 0 amide bonds. The van der Waals surface area contributed by atoms with E-state index < -0.39 is 29.3 Å². The first-order chi connectivity index (χ1) is 11.9. The molecular formula is C19H23F3O4. The van der Waals surface area contributed by atoms with E-state index in [4.69, 9.17) is 9.47 Å². The van der Waals surface area contributed by atoms with Gasteiger partial charge in [-0.25, -0.2) is 9.59 Å². The number of halogens is 3.